The quantitative estimate of drug-likeness (QED) is 0.607. The number of carbonyl (C=O) groups is 1. The fourth-order valence-corrected chi connectivity index (χ4v) is 4.68. The van der Waals surface area contributed by atoms with E-state index in [-0.39, 0.29) is 19.0 Å². The van der Waals surface area contributed by atoms with Crippen molar-refractivity contribution < 1.29 is 22.2 Å². The molecule has 0 aliphatic carbocycles. The molecule has 32 heavy (non-hydrogen) atoms. The molecule has 3 aromatic rings. The van der Waals surface area contributed by atoms with Gasteiger partial charge in [-0.2, -0.15) is 13.2 Å². The van der Waals surface area contributed by atoms with Gasteiger partial charge in [0.1, 0.15) is 16.6 Å². The number of hydrogen-bond donors (Lipinski definition) is 1. The van der Waals surface area contributed by atoms with Crippen molar-refractivity contribution in [3.8, 4) is 0 Å². The van der Waals surface area contributed by atoms with Crippen LogP contribution < -0.4 is 5.32 Å². The molecule has 3 heterocycles. The molecule has 0 spiro atoms. The number of hydrogen-bond acceptors (Lipinski definition) is 4. The molecule has 1 aliphatic heterocycles. The molecule has 1 atom stereocenters. The number of imidazole rings is 1. The maximum absolute atomic E-state index is 12.8. The highest BCUT2D eigenvalue weighted by Gasteiger charge is 2.33. The van der Waals surface area contributed by atoms with Crippen LogP contribution in [0.25, 0.3) is 5.65 Å². The monoisotopic (exact) mass is 465 g/mol. The average molecular weight is 466 g/mol. The number of nitrogens with one attached hydrogen (secondary N) is 1. The van der Waals surface area contributed by atoms with Crippen LogP contribution >= 0.6 is 0 Å². The molecule has 4 rings (SSSR count). The Hall–Kier alpha value is -2.76. The largest absolute Gasteiger partial charge is 0.401 e. The van der Waals surface area contributed by atoms with Crippen LogP contribution in [0.1, 0.15) is 15.9 Å². The van der Waals surface area contributed by atoms with Gasteiger partial charge in [-0.05, 0) is 29.8 Å². The van der Waals surface area contributed by atoms with Gasteiger partial charge in [0.05, 0.1) is 17.0 Å². The van der Waals surface area contributed by atoms with E-state index in [2.05, 4.69) is 10.3 Å². The third-order valence-corrected chi connectivity index (χ3v) is 6.71. The van der Waals surface area contributed by atoms with E-state index in [4.69, 9.17) is 0 Å². The molecule has 1 saturated heterocycles. The van der Waals surface area contributed by atoms with Crippen LogP contribution in [0, 0.1) is 0 Å². The van der Waals surface area contributed by atoms with Gasteiger partial charge < -0.3 is 9.72 Å². The first kappa shape index (κ1) is 22.4. The molecule has 1 fully saturated rings. The summed E-state index contributed by atoms with van der Waals surface area (Å²) in [5, 5.41) is 2.85. The van der Waals surface area contributed by atoms with Gasteiger partial charge in [-0.15, -0.1) is 0 Å². The van der Waals surface area contributed by atoms with Crippen molar-refractivity contribution in [2.24, 2.45) is 0 Å². The number of alkyl halides is 3. The van der Waals surface area contributed by atoms with Crippen molar-refractivity contribution in [3.63, 3.8) is 0 Å². The highest BCUT2D eigenvalue weighted by Crippen LogP contribution is 2.19. The van der Waals surface area contributed by atoms with Crippen LogP contribution in [0.2, 0.25) is 0 Å². The first-order chi connectivity index (χ1) is 15.3. The zero-order valence-corrected chi connectivity index (χ0v) is 17.9. The lowest BCUT2D eigenvalue weighted by Crippen LogP contribution is -2.49. The minimum atomic E-state index is -4.22. The van der Waals surface area contributed by atoms with Gasteiger partial charge in [0.25, 0.3) is 5.91 Å². The second kappa shape index (κ2) is 9.39. The van der Waals surface area contributed by atoms with Crippen molar-refractivity contribution >= 4 is 22.5 Å². The summed E-state index contributed by atoms with van der Waals surface area (Å²) >= 11 is 0. The highest BCUT2D eigenvalue weighted by molar-refractivity contribution is 7.82. The number of aromatic nitrogens is 2. The summed E-state index contributed by atoms with van der Waals surface area (Å²) in [6.45, 7) is 0.428. The molecule has 0 bridgehead atoms. The molecule has 0 radical (unpaired) electrons. The molecule has 1 amide bonds. The van der Waals surface area contributed by atoms with E-state index in [1.54, 1.807) is 63.7 Å². The summed E-state index contributed by atoms with van der Waals surface area (Å²) in [5.74, 6) is -0.218. The minimum Gasteiger partial charge on any atom is -0.348 e. The van der Waals surface area contributed by atoms with Crippen molar-refractivity contribution in [1.82, 2.24) is 23.9 Å². The Bertz CT molecular complexity index is 1110. The Balaban J connectivity index is 1.29. The predicted octanol–water partition coefficient (Wildman–Crippen LogP) is 2.47. The number of rotatable bonds is 6. The summed E-state index contributed by atoms with van der Waals surface area (Å²) in [6.07, 6.45) is 0.906. The first-order valence-electron chi connectivity index (χ1n) is 10.0. The molecule has 1 aromatic carbocycles. The zero-order chi connectivity index (χ0) is 22.7. The normalized spacial score (nSPS) is 16.8. The second-order valence-electron chi connectivity index (χ2n) is 7.51. The van der Waals surface area contributed by atoms with E-state index in [0.29, 0.717) is 30.1 Å². The van der Waals surface area contributed by atoms with Crippen LogP contribution in [-0.4, -0.2) is 67.6 Å². The molecule has 2 aromatic heterocycles. The van der Waals surface area contributed by atoms with Crippen LogP contribution in [-0.2, 0) is 17.5 Å². The Kier molecular flexibility index (Phi) is 6.58. The van der Waals surface area contributed by atoms with E-state index >= 15 is 0 Å². The fourth-order valence-electron chi connectivity index (χ4n) is 3.52. The van der Waals surface area contributed by atoms with E-state index < -0.39 is 23.7 Å². The molecular weight excluding hydrogens is 443 g/mol. The molecule has 11 heteroatoms. The molecule has 0 saturated carbocycles. The summed E-state index contributed by atoms with van der Waals surface area (Å²) in [4.78, 5) is 18.4. The van der Waals surface area contributed by atoms with Gasteiger partial charge >= 0.3 is 6.18 Å². The summed E-state index contributed by atoms with van der Waals surface area (Å²) in [5.41, 5.74) is 2.11. The van der Waals surface area contributed by atoms with Gasteiger partial charge in [-0.25, -0.2) is 13.5 Å². The summed E-state index contributed by atoms with van der Waals surface area (Å²) in [7, 11) is -1.44. The highest BCUT2D eigenvalue weighted by atomic mass is 32.2. The maximum Gasteiger partial charge on any atom is 0.401 e. The van der Waals surface area contributed by atoms with Crippen molar-refractivity contribution in [3.05, 3.63) is 66.1 Å². The Morgan fingerprint density at radius 2 is 1.78 bits per heavy atom. The van der Waals surface area contributed by atoms with E-state index in [0.717, 1.165) is 11.2 Å². The molecule has 7 nitrogen and oxygen atoms in total. The SMILES string of the molecule is O=C(NCc1ccc(S(=O)N2CCN(CC(F)(F)F)CC2)cc1)c1ccc2nccn2c1. The standard InChI is InChI=1S/C21H22F3N5O2S/c22-21(23,24)15-27-9-11-29(12-10-27)32(31)18-4-1-16(2-5-18)13-26-20(30)17-3-6-19-25-7-8-28(19)14-17/h1-8,14H,9-13,15H2,(H,26,30). The average Bonchev–Trinajstić information content (AvgIpc) is 3.25. The second-order valence-corrected chi connectivity index (χ2v) is 8.99. The molecule has 170 valence electrons. The molecule has 1 aliphatic rings. The number of halogens is 3. The maximum atomic E-state index is 12.8. The number of piperazine rings is 1. The number of carbonyl (C=O) groups excluding carboxylic acids is 1. The van der Waals surface area contributed by atoms with Gasteiger partial charge in [0.2, 0.25) is 0 Å². The zero-order valence-electron chi connectivity index (χ0n) is 17.1. The van der Waals surface area contributed by atoms with Gasteiger partial charge in [-0.3, -0.25) is 9.69 Å². The number of nitrogens with zero attached hydrogens (tertiary/aromatic N) is 4. The molecule has 1 unspecified atom stereocenters. The topological polar surface area (TPSA) is 70.0 Å². The Labute approximate surface area is 185 Å². The van der Waals surface area contributed by atoms with Crippen molar-refractivity contribution in [1.29, 1.82) is 0 Å². The third kappa shape index (κ3) is 5.53. The number of fused-ring (bicyclic) bond motifs is 1. The fraction of sp³-hybridized carbons (Fsp3) is 0.333. The van der Waals surface area contributed by atoms with Crippen molar-refractivity contribution in [2.45, 2.75) is 17.6 Å². The van der Waals surface area contributed by atoms with Gasteiger partial charge in [0, 0.05) is 51.3 Å². The molecular formula is C21H22F3N5O2S. The smallest absolute Gasteiger partial charge is 0.348 e. The van der Waals surface area contributed by atoms with E-state index in [1.165, 1.54) is 4.90 Å². The van der Waals surface area contributed by atoms with Crippen LogP contribution in [0.15, 0.2) is 59.9 Å². The number of benzene rings is 1. The van der Waals surface area contributed by atoms with Crippen LogP contribution in [0.4, 0.5) is 13.2 Å². The van der Waals surface area contributed by atoms with E-state index in [9.17, 15) is 22.2 Å². The molecule has 1 N–H and O–H groups in total. The van der Waals surface area contributed by atoms with E-state index in [1.807, 2.05) is 0 Å². The number of amides is 1. The van der Waals surface area contributed by atoms with Gasteiger partial charge in [-0.1, -0.05) is 12.1 Å². The summed E-state index contributed by atoms with van der Waals surface area (Å²) in [6, 6.07) is 10.5. The minimum absolute atomic E-state index is 0.218. The van der Waals surface area contributed by atoms with Crippen molar-refractivity contribution in [2.75, 3.05) is 32.7 Å². The summed E-state index contributed by atoms with van der Waals surface area (Å²) < 4.78 is 53.7. The Morgan fingerprint density at radius 3 is 2.47 bits per heavy atom. The number of pyridine rings is 1. The Morgan fingerprint density at radius 1 is 1.06 bits per heavy atom. The lowest BCUT2D eigenvalue weighted by atomic mass is 10.2. The predicted molar refractivity (Wildman–Crippen MR) is 113 cm³/mol. The van der Waals surface area contributed by atoms with Crippen LogP contribution in [0.5, 0.6) is 0 Å². The lowest BCUT2D eigenvalue weighted by molar-refractivity contribution is -0.148. The lowest BCUT2D eigenvalue weighted by Gasteiger charge is -2.33. The first-order valence-corrected chi connectivity index (χ1v) is 11.1. The van der Waals surface area contributed by atoms with Gasteiger partial charge in [0.15, 0.2) is 0 Å². The van der Waals surface area contributed by atoms with Crippen LogP contribution in [0.3, 0.4) is 0 Å². The third-order valence-electron chi connectivity index (χ3n) is 5.20.